The predicted octanol–water partition coefficient (Wildman–Crippen LogP) is 6.34. The lowest BCUT2D eigenvalue weighted by molar-refractivity contribution is -0.156. The number of nitrogens with zero attached hydrogens (tertiary/aromatic N) is 2. The Morgan fingerprint density at radius 1 is 0.764 bits per heavy atom. The van der Waals surface area contributed by atoms with Crippen LogP contribution in [0, 0.1) is 11.8 Å². The van der Waals surface area contributed by atoms with Gasteiger partial charge in [0.05, 0.1) is 12.5 Å². The second kappa shape index (κ2) is 19.5. The van der Waals surface area contributed by atoms with Crippen molar-refractivity contribution < 1.29 is 28.7 Å². The highest BCUT2D eigenvalue weighted by Crippen LogP contribution is 2.35. The largest absolute Gasteiger partial charge is 0.467 e. The van der Waals surface area contributed by atoms with Crippen LogP contribution < -0.4 is 15.5 Å². The van der Waals surface area contributed by atoms with Gasteiger partial charge < -0.3 is 25.2 Å². The minimum atomic E-state index is -0.777. The van der Waals surface area contributed by atoms with Gasteiger partial charge in [-0.1, -0.05) is 78.3 Å². The van der Waals surface area contributed by atoms with E-state index >= 15 is 0 Å². The fourth-order valence-corrected chi connectivity index (χ4v) is 9.63. The summed E-state index contributed by atoms with van der Waals surface area (Å²) in [5, 5.41) is 6.61. The van der Waals surface area contributed by atoms with Crippen molar-refractivity contribution in [1.29, 1.82) is 0 Å². The van der Waals surface area contributed by atoms with E-state index in [1.807, 2.05) is 72.8 Å². The smallest absolute Gasteiger partial charge is 0.328 e. The van der Waals surface area contributed by atoms with Gasteiger partial charge >= 0.3 is 5.97 Å². The van der Waals surface area contributed by atoms with Crippen molar-refractivity contribution in [1.82, 2.24) is 15.5 Å². The highest BCUT2D eigenvalue weighted by Gasteiger charge is 2.44. The Morgan fingerprint density at radius 3 is 1.98 bits per heavy atom. The van der Waals surface area contributed by atoms with Crippen LogP contribution in [-0.4, -0.2) is 77.4 Å². The Hall–Kier alpha value is -4.35. The normalized spacial score (nSPS) is 22.7. The number of carbonyl (C=O) groups is 5. The standard InChI is InChI=1S/C43H51ClN4O6S/c1-54-43(53)37-19-11-20-38-48(37)42(52)36(23-25-55-38)46-40(50)32(27-30-14-6-3-7-15-30)22-21-31(26-29-12-4-2-5-13-29)39(49)45-35-18-8-9-24-47(41(35)51)34-17-10-16-33(44)28-34/h2-7,10,12-17,28,31-32,35-38H,8-9,11,18-27H2,1H3,(H,45,49)(H,46,50). The summed E-state index contributed by atoms with van der Waals surface area (Å²) in [6, 6.07) is 24.6. The second-order valence-electron chi connectivity index (χ2n) is 14.8. The van der Waals surface area contributed by atoms with Crippen LogP contribution in [-0.2, 0) is 41.6 Å². The number of fused-ring (bicyclic) bond motifs is 1. The molecule has 6 rings (SSSR count). The molecule has 0 saturated carbocycles. The summed E-state index contributed by atoms with van der Waals surface area (Å²) >= 11 is 7.92. The Kier molecular flexibility index (Phi) is 14.3. The molecule has 12 heteroatoms. The number of hydrogen-bond acceptors (Lipinski definition) is 7. The molecule has 3 aromatic rings. The Bertz CT molecular complexity index is 1800. The van der Waals surface area contributed by atoms with Crippen LogP contribution in [0.5, 0.6) is 0 Å². The summed E-state index contributed by atoms with van der Waals surface area (Å²) in [6.45, 7) is 0.541. The lowest BCUT2D eigenvalue weighted by Gasteiger charge is -2.40. The van der Waals surface area contributed by atoms with E-state index in [9.17, 15) is 24.0 Å². The lowest BCUT2D eigenvalue weighted by atomic mass is 9.86. The summed E-state index contributed by atoms with van der Waals surface area (Å²) in [5.41, 5.74) is 2.66. The van der Waals surface area contributed by atoms with E-state index in [4.69, 9.17) is 16.3 Å². The topological polar surface area (TPSA) is 125 Å². The molecule has 292 valence electrons. The van der Waals surface area contributed by atoms with Crippen molar-refractivity contribution in [2.24, 2.45) is 11.8 Å². The van der Waals surface area contributed by atoms with Crippen LogP contribution in [0.3, 0.4) is 0 Å². The molecule has 3 aromatic carbocycles. The number of halogens is 1. The van der Waals surface area contributed by atoms with Crippen LogP contribution in [0.4, 0.5) is 5.69 Å². The van der Waals surface area contributed by atoms with Gasteiger partial charge in [0.15, 0.2) is 0 Å². The zero-order chi connectivity index (χ0) is 38.7. The van der Waals surface area contributed by atoms with Gasteiger partial charge in [0.1, 0.15) is 18.1 Å². The summed E-state index contributed by atoms with van der Waals surface area (Å²) in [7, 11) is 1.34. The summed E-state index contributed by atoms with van der Waals surface area (Å²) < 4.78 is 5.07. The maximum absolute atomic E-state index is 14.3. The number of carbonyl (C=O) groups excluding carboxylic acids is 5. The molecule has 10 nitrogen and oxygen atoms in total. The monoisotopic (exact) mass is 786 g/mol. The number of piperidine rings is 1. The first-order valence-corrected chi connectivity index (χ1v) is 20.9. The van der Waals surface area contributed by atoms with Gasteiger partial charge in [-0.2, -0.15) is 0 Å². The third-order valence-corrected chi connectivity index (χ3v) is 12.6. The van der Waals surface area contributed by atoms with Crippen LogP contribution in [0.2, 0.25) is 5.02 Å². The number of benzene rings is 3. The SMILES string of the molecule is COC(=O)C1CCCC2SCCC(NC(=O)C(CCC(Cc3ccccc3)C(=O)NC3CCCCN(c4cccc(Cl)c4)C3=O)Cc3ccccc3)C(=O)N21. The number of amides is 4. The van der Waals surface area contributed by atoms with Crippen molar-refractivity contribution in [3.05, 3.63) is 101 Å². The highest BCUT2D eigenvalue weighted by atomic mass is 35.5. The number of anilines is 1. The first-order chi connectivity index (χ1) is 26.7. The summed E-state index contributed by atoms with van der Waals surface area (Å²) in [5.74, 6) is -1.72. The van der Waals surface area contributed by atoms with E-state index in [2.05, 4.69) is 10.6 Å². The van der Waals surface area contributed by atoms with E-state index in [1.165, 1.54) is 7.11 Å². The molecular formula is C43H51ClN4O6S. The van der Waals surface area contributed by atoms with Crippen molar-refractivity contribution in [3.8, 4) is 0 Å². The number of esters is 1. The Morgan fingerprint density at radius 2 is 1.38 bits per heavy atom. The quantitative estimate of drug-likeness (QED) is 0.194. The molecule has 3 aliphatic rings. The maximum atomic E-state index is 14.3. The zero-order valence-corrected chi connectivity index (χ0v) is 32.9. The van der Waals surface area contributed by atoms with E-state index in [1.54, 1.807) is 33.7 Å². The third kappa shape index (κ3) is 10.5. The molecule has 0 radical (unpaired) electrons. The molecule has 55 heavy (non-hydrogen) atoms. The van der Waals surface area contributed by atoms with Crippen LogP contribution in [0.1, 0.15) is 68.9 Å². The molecule has 6 atom stereocenters. The van der Waals surface area contributed by atoms with Gasteiger partial charge in [0.2, 0.25) is 23.6 Å². The molecule has 3 heterocycles. The molecule has 3 saturated heterocycles. The minimum Gasteiger partial charge on any atom is -0.467 e. The van der Waals surface area contributed by atoms with E-state index in [0.29, 0.717) is 68.0 Å². The fraction of sp³-hybridized carbons (Fsp3) is 0.465. The molecule has 0 spiro atoms. The number of ether oxygens (including phenoxy) is 1. The van der Waals surface area contributed by atoms with Gasteiger partial charge in [-0.05, 0) is 106 Å². The van der Waals surface area contributed by atoms with Crippen LogP contribution in [0.15, 0.2) is 84.9 Å². The predicted molar refractivity (Wildman–Crippen MR) is 215 cm³/mol. The van der Waals surface area contributed by atoms with E-state index in [0.717, 1.165) is 36.8 Å². The average molecular weight is 787 g/mol. The Labute approximate surface area is 333 Å². The first kappa shape index (κ1) is 40.3. The third-order valence-electron chi connectivity index (χ3n) is 11.0. The lowest BCUT2D eigenvalue weighted by Crippen LogP contribution is -2.57. The fourth-order valence-electron chi connectivity index (χ4n) is 8.06. The summed E-state index contributed by atoms with van der Waals surface area (Å²) in [6.07, 6.45) is 6.35. The number of rotatable bonds is 13. The zero-order valence-electron chi connectivity index (χ0n) is 31.4. The van der Waals surface area contributed by atoms with Crippen LogP contribution in [0.25, 0.3) is 0 Å². The molecule has 6 unspecified atom stereocenters. The van der Waals surface area contributed by atoms with Crippen molar-refractivity contribution in [2.75, 3.05) is 24.3 Å². The van der Waals surface area contributed by atoms with Gasteiger partial charge in [0, 0.05) is 29.1 Å². The number of hydrogen-bond donors (Lipinski definition) is 2. The highest BCUT2D eigenvalue weighted by molar-refractivity contribution is 7.99. The van der Waals surface area contributed by atoms with Gasteiger partial charge in [-0.25, -0.2) is 4.79 Å². The minimum absolute atomic E-state index is 0.137. The molecule has 3 fully saturated rings. The molecular weight excluding hydrogens is 736 g/mol. The van der Waals surface area contributed by atoms with Crippen molar-refractivity contribution in [3.63, 3.8) is 0 Å². The summed E-state index contributed by atoms with van der Waals surface area (Å²) in [4.78, 5) is 72.6. The van der Waals surface area contributed by atoms with Crippen molar-refractivity contribution >= 4 is 58.6 Å². The molecule has 0 bridgehead atoms. The van der Waals surface area contributed by atoms with Crippen LogP contribution >= 0.6 is 23.4 Å². The molecule has 2 N–H and O–H groups in total. The first-order valence-electron chi connectivity index (χ1n) is 19.5. The van der Waals surface area contributed by atoms with Gasteiger partial charge in [-0.15, -0.1) is 11.8 Å². The van der Waals surface area contributed by atoms with Crippen molar-refractivity contribution in [2.45, 2.75) is 94.1 Å². The number of methoxy groups -OCH3 is 1. The second-order valence-corrected chi connectivity index (χ2v) is 16.5. The maximum Gasteiger partial charge on any atom is 0.328 e. The van der Waals surface area contributed by atoms with E-state index in [-0.39, 0.29) is 29.0 Å². The Balaban J connectivity index is 1.20. The van der Waals surface area contributed by atoms with Gasteiger partial charge in [-0.3, -0.25) is 19.2 Å². The number of nitrogens with one attached hydrogen (secondary N) is 2. The molecule has 0 aliphatic carbocycles. The number of thioether (sulfide) groups is 1. The molecule has 4 amide bonds. The average Bonchev–Trinajstić information content (AvgIpc) is 3.48. The van der Waals surface area contributed by atoms with Gasteiger partial charge in [0.25, 0.3) is 0 Å². The molecule has 3 aliphatic heterocycles. The van der Waals surface area contributed by atoms with E-state index < -0.39 is 35.9 Å². The molecule has 0 aromatic heterocycles.